The summed E-state index contributed by atoms with van der Waals surface area (Å²) in [4.78, 5) is 11.1. The van der Waals surface area contributed by atoms with Crippen LogP contribution in [0.5, 0.6) is 0 Å². The molecule has 0 aliphatic carbocycles. The SMILES string of the molecule is CC(=O)N[C@@H]1[C@@H](O)[C@H](O)[C@](CO)(CCCCCN)O[C@H]1O. The van der Waals surface area contributed by atoms with E-state index in [9.17, 15) is 25.2 Å². The summed E-state index contributed by atoms with van der Waals surface area (Å²) in [6.45, 7) is 1.23. The average Bonchev–Trinajstić information content (AvgIpc) is 2.45. The van der Waals surface area contributed by atoms with Crippen molar-refractivity contribution in [3.8, 4) is 0 Å². The number of hydrogen-bond donors (Lipinski definition) is 6. The Labute approximate surface area is 123 Å². The van der Waals surface area contributed by atoms with Gasteiger partial charge in [0.15, 0.2) is 6.29 Å². The first kappa shape index (κ1) is 18.3. The van der Waals surface area contributed by atoms with Gasteiger partial charge in [0, 0.05) is 6.92 Å². The topological polar surface area (TPSA) is 145 Å². The first-order valence-electron chi connectivity index (χ1n) is 7.18. The van der Waals surface area contributed by atoms with Crippen LogP contribution in [0.4, 0.5) is 0 Å². The zero-order chi connectivity index (χ0) is 16.0. The Kier molecular flexibility index (Phi) is 6.98. The normalized spacial score (nSPS) is 36.5. The Morgan fingerprint density at radius 2 is 1.95 bits per heavy atom. The average molecular weight is 306 g/mol. The van der Waals surface area contributed by atoms with E-state index in [0.29, 0.717) is 13.0 Å². The summed E-state index contributed by atoms with van der Waals surface area (Å²) in [6.07, 6.45) is -1.87. The van der Waals surface area contributed by atoms with E-state index in [2.05, 4.69) is 5.32 Å². The van der Waals surface area contributed by atoms with E-state index < -0.39 is 42.7 Å². The highest BCUT2D eigenvalue weighted by Gasteiger charge is 2.53. The molecular weight excluding hydrogens is 280 g/mol. The number of aliphatic hydroxyl groups excluding tert-OH is 4. The number of hydrogen-bond acceptors (Lipinski definition) is 7. The number of amides is 1. The fraction of sp³-hybridized carbons (Fsp3) is 0.923. The lowest BCUT2D eigenvalue weighted by molar-refractivity contribution is -0.302. The minimum Gasteiger partial charge on any atom is -0.393 e. The monoisotopic (exact) mass is 306 g/mol. The standard InChI is InChI=1S/C13H26N2O6/c1-8(17)15-9-10(18)11(19)13(7-16,21-12(9)20)5-3-2-4-6-14/h9-12,16,18-20H,2-7,14H2,1H3,(H,15,17)/t9-,10-,11+,12-,13-/m1/s1. The number of rotatable bonds is 7. The quantitative estimate of drug-likeness (QED) is 0.293. The predicted octanol–water partition coefficient (Wildman–Crippen LogP) is -2.19. The van der Waals surface area contributed by atoms with Gasteiger partial charge in [0.25, 0.3) is 0 Å². The van der Waals surface area contributed by atoms with Crippen molar-refractivity contribution in [3.63, 3.8) is 0 Å². The van der Waals surface area contributed by atoms with Crippen LogP contribution in [-0.4, -0.2) is 69.6 Å². The lowest BCUT2D eigenvalue weighted by Crippen LogP contribution is -2.69. The number of aliphatic hydroxyl groups is 4. The molecule has 1 aliphatic heterocycles. The molecular formula is C13H26N2O6. The molecule has 1 aliphatic rings. The third-order valence-electron chi connectivity index (χ3n) is 3.83. The summed E-state index contributed by atoms with van der Waals surface area (Å²) in [5.74, 6) is -0.464. The Morgan fingerprint density at radius 3 is 2.48 bits per heavy atom. The lowest BCUT2D eigenvalue weighted by Gasteiger charge is -2.48. The number of nitrogens with two attached hydrogens (primary N) is 1. The van der Waals surface area contributed by atoms with Gasteiger partial charge in [-0.15, -0.1) is 0 Å². The zero-order valence-electron chi connectivity index (χ0n) is 12.2. The minimum absolute atomic E-state index is 0.269. The summed E-state index contributed by atoms with van der Waals surface area (Å²) in [6, 6.07) is -1.14. The van der Waals surface area contributed by atoms with Gasteiger partial charge < -0.3 is 36.2 Å². The van der Waals surface area contributed by atoms with Gasteiger partial charge in [0.2, 0.25) is 5.91 Å². The van der Waals surface area contributed by atoms with E-state index in [4.69, 9.17) is 10.5 Å². The highest BCUT2D eigenvalue weighted by Crippen LogP contribution is 2.33. The molecule has 124 valence electrons. The molecule has 0 unspecified atom stereocenters. The molecule has 1 fully saturated rings. The maximum absolute atomic E-state index is 11.1. The van der Waals surface area contributed by atoms with E-state index in [-0.39, 0.29) is 6.42 Å². The van der Waals surface area contributed by atoms with Crippen molar-refractivity contribution in [1.29, 1.82) is 0 Å². The van der Waals surface area contributed by atoms with Gasteiger partial charge in [-0.3, -0.25) is 4.79 Å². The van der Waals surface area contributed by atoms with Crippen molar-refractivity contribution in [3.05, 3.63) is 0 Å². The fourth-order valence-electron chi connectivity index (χ4n) is 2.61. The highest BCUT2D eigenvalue weighted by atomic mass is 16.6. The summed E-state index contributed by atoms with van der Waals surface area (Å²) < 4.78 is 5.35. The van der Waals surface area contributed by atoms with E-state index in [1.807, 2.05) is 0 Å². The molecule has 1 amide bonds. The largest absolute Gasteiger partial charge is 0.393 e. The van der Waals surface area contributed by atoms with Crippen molar-refractivity contribution < 1.29 is 30.0 Å². The van der Waals surface area contributed by atoms with Gasteiger partial charge >= 0.3 is 0 Å². The van der Waals surface area contributed by atoms with E-state index in [0.717, 1.165) is 12.8 Å². The smallest absolute Gasteiger partial charge is 0.217 e. The van der Waals surface area contributed by atoms with E-state index in [1.54, 1.807) is 0 Å². The number of carbonyl (C=O) groups excluding carboxylic acids is 1. The van der Waals surface area contributed by atoms with E-state index >= 15 is 0 Å². The molecule has 0 bridgehead atoms. The van der Waals surface area contributed by atoms with Crippen LogP contribution >= 0.6 is 0 Å². The van der Waals surface area contributed by atoms with Crippen LogP contribution in [0, 0.1) is 0 Å². The maximum atomic E-state index is 11.1. The van der Waals surface area contributed by atoms with Gasteiger partial charge in [0.05, 0.1) is 6.61 Å². The molecule has 1 saturated heterocycles. The molecule has 7 N–H and O–H groups in total. The molecule has 0 aromatic carbocycles. The van der Waals surface area contributed by atoms with E-state index in [1.165, 1.54) is 6.92 Å². The van der Waals surface area contributed by atoms with Gasteiger partial charge in [-0.1, -0.05) is 12.8 Å². The van der Waals surface area contributed by atoms with Crippen LogP contribution < -0.4 is 11.1 Å². The second-order valence-electron chi connectivity index (χ2n) is 5.49. The van der Waals surface area contributed by atoms with Crippen LogP contribution in [0.1, 0.15) is 32.6 Å². The molecule has 8 heteroatoms. The molecule has 0 aromatic rings. The molecule has 0 spiro atoms. The van der Waals surface area contributed by atoms with Crippen LogP contribution in [0.15, 0.2) is 0 Å². The summed E-state index contributed by atoms with van der Waals surface area (Å²) in [5, 5.41) is 42.1. The van der Waals surface area contributed by atoms with Crippen LogP contribution in [0.2, 0.25) is 0 Å². The summed E-state index contributed by atoms with van der Waals surface area (Å²) in [5.41, 5.74) is 3.96. The van der Waals surface area contributed by atoms with Gasteiger partial charge in [0.1, 0.15) is 23.9 Å². The van der Waals surface area contributed by atoms with Crippen LogP contribution in [-0.2, 0) is 9.53 Å². The molecule has 5 atom stereocenters. The van der Waals surface area contributed by atoms with Crippen molar-refractivity contribution in [2.45, 2.75) is 62.7 Å². The van der Waals surface area contributed by atoms with Gasteiger partial charge in [-0.25, -0.2) is 0 Å². The zero-order valence-corrected chi connectivity index (χ0v) is 12.2. The van der Waals surface area contributed by atoms with Crippen molar-refractivity contribution in [1.82, 2.24) is 5.32 Å². The first-order valence-corrected chi connectivity index (χ1v) is 7.18. The Balaban J connectivity index is 2.76. The molecule has 0 saturated carbocycles. The number of ether oxygens (including phenoxy) is 1. The van der Waals surface area contributed by atoms with Crippen LogP contribution in [0.25, 0.3) is 0 Å². The predicted molar refractivity (Wildman–Crippen MR) is 74.0 cm³/mol. The molecule has 1 heterocycles. The highest BCUT2D eigenvalue weighted by molar-refractivity contribution is 5.73. The second-order valence-corrected chi connectivity index (χ2v) is 5.49. The van der Waals surface area contributed by atoms with Crippen molar-refractivity contribution in [2.24, 2.45) is 5.73 Å². The lowest BCUT2D eigenvalue weighted by atomic mass is 9.82. The Morgan fingerprint density at radius 1 is 1.29 bits per heavy atom. The number of carbonyl (C=O) groups is 1. The Bertz CT molecular complexity index is 343. The van der Waals surface area contributed by atoms with Gasteiger partial charge in [-0.2, -0.15) is 0 Å². The van der Waals surface area contributed by atoms with Crippen molar-refractivity contribution >= 4 is 5.91 Å². The molecule has 8 nitrogen and oxygen atoms in total. The maximum Gasteiger partial charge on any atom is 0.217 e. The molecule has 21 heavy (non-hydrogen) atoms. The number of nitrogens with one attached hydrogen (secondary N) is 1. The molecule has 0 aromatic heterocycles. The number of unbranched alkanes of at least 4 members (excludes halogenated alkanes) is 2. The summed E-state index contributed by atoms with van der Waals surface area (Å²) >= 11 is 0. The molecule has 1 rings (SSSR count). The van der Waals surface area contributed by atoms with Crippen LogP contribution in [0.3, 0.4) is 0 Å². The first-order chi connectivity index (χ1) is 9.88. The van der Waals surface area contributed by atoms with Gasteiger partial charge in [-0.05, 0) is 19.4 Å². The third kappa shape index (κ3) is 4.35. The fourth-order valence-corrected chi connectivity index (χ4v) is 2.61. The van der Waals surface area contributed by atoms with Crippen molar-refractivity contribution in [2.75, 3.05) is 13.2 Å². The minimum atomic E-state index is -1.51. The second kappa shape index (κ2) is 8.02. The summed E-state index contributed by atoms with van der Waals surface area (Å²) in [7, 11) is 0. The Hall–Kier alpha value is -0.770. The third-order valence-corrected chi connectivity index (χ3v) is 3.83. The molecule has 0 radical (unpaired) electrons.